The summed E-state index contributed by atoms with van der Waals surface area (Å²) in [7, 11) is 0. The van der Waals surface area contributed by atoms with E-state index in [4.69, 9.17) is 14.2 Å². The second kappa shape index (κ2) is 15.8. The van der Waals surface area contributed by atoms with Crippen molar-refractivity contribution in [3.63, 3.8) is 0 Å². The summed E-state index contributed by atoms with van der Waals surface area (Å²) in [5.74, 6) is 0.765. The first-order chi connectivity index (χ1) is 22.0. The molecule has 3 aromatic rings. The lowest BCUT2D eigenvalue weighted by molar-refractivity contribution is -0.147. The number of aliphatic carboxylic acids is 1. The van der Waals surface area contributed by atoms with Gasteiger partial charge in [0.2, 0.25) is 0 Å². The molecule has 0 radical (unpaired) electrons. The summed E-state index contributed by atoms with van der Waals surface area (Å²) < 4.78 is 31.9. The van der Waals surface area contributed by atoms with Crippen molar-refractivity contribution in [1.82, 2.24) is 5.32 Å². The number of phenols is 1. The number of ether oxygens (including phenoxy) is 3. The number of carbonyl (C=O) groups excluding carboxylic acids is 1. The van der Waals surface area contributed by atoms with Crippen molar-refractivity contribution >= 4 is 11.9 Å². The van der Waals surface area contributed by atoms with Crippen LogP contribution in [-0.2, 0) is 28.9 Å². The number of carboxylic acids is 1. The molecule has 0 aliphatic carbocycles. The van der Waals surface area contributed by atoms with Gasteiger partial charge in [-0.15, -0.1) is 0 Å². The fourth-order valence-electron chi connectivity index (χ4n) is 5.57. The van der Waals surface area contributed by atoms with Crippen LogP contribution in [0.3, 0.4) is 0 Å². The average Bonchev–Trinajstić information content (AvgIpc) is 3.04. The van der Waals surface area contributed by atoms with E-state index in [0.29, 0.717) is 63.2 Å². The van der Waals surface area contributed by atoms with Crippen molar-refractivity contribution < 1.29 is 38.4 Å². The zero-order valence-electron chi connectivity index (χ0n) is 27.3. The van der Waals surface area contributed by atoms with E-state index in [1.54, 1.807) is 32.0 Å². The molecule has 248 valence electrons. The Bertz CT molecular complexity index is 1500. The minimum Gasteiger partial charge on any atom is -0.507 e. The first kappa shape index (κ1) is 34.6. The monoisotopic (exact) mass is 635 g/mol. The first-order valence-electron chi connectivity index (χ1n) is 16.2. The maximum Gasteiger partial charge on any atom is 0.309 e. The minimum absolute atomic E-state index is 0.0717. The number of halogens is 1. The Labute approximate surface area is 270 Å². The number of hydrogen-bond acceptors (Lipinski definition) is 6. The summed E-state index contributed by atoms with van der Waals surface area (Å²) in [4.78, 5) is 24.3. The number of benzene rings is 3. The zero-order chi connectivity index (χ0) is 33.3. The van der Waals surface area contributed by atoms with Gasteiger partial charge in [-0.25, -0.2) is 4.39 Å². The number of carboxylic acid groups (broad SMARTS) is 1. The van der Waals surface area contributed by atoms with E-state index in [1.807, 2.05) is 25.1 Å². The molecule has 3 N–H and O–H groups in total. The molecule has 0 bridgehead atoms. The number of aromatic hydroxyl groups is 1. The summed E-state index contributed by atoms with van der Waals surface area (Å²) in [6.45, 7) is 8.67. The summed E-state index contributed by atoms with van der Waals surface area (Å²) >= 11 is 0. The molecule has 1 heterocycles. The molecule has 3 aromatic carbocycles. The predicted molar refractivity (Wildman–Crippen MR) is 175 cm³/mol. The van der Waals surface area contributed by atoms with Crippen LogP contribution < -0.4 is 19.5 Å². The Balaban J connectivity index is 1.32. The van der Waals surface area contributed by atoms with Gasteiger partial charge >= 0.3 is 5.97 Å². The molecule has 1 aliphatic rings. The summed E-state index contributed by atoms with van der Waals surface area (Å²) in [5.41, 5.74) is 3.48. The van der Waals surface area contributed by atoms with Gasteiger partial charge in [-0.2, -0.15) is 0 Å². The van der Waals surface area contributed by atoms with Gasteiger partial charge < -0.3 is 29.7 Å². The molecule has 4 rings (SSSR count). The topological polar surface area (TPSA) is 114 Å². The average molecular weight is 636 g/mol. The lowest BCUT2D eigenvalue weighted by atomic mass is 9.88. The summed E-state index contributed by atoms with van der Waals surface area (Å²) in [6, 6.07) is 13.5. The van der Waals surface area contributed by atoms with E-state index in [9.17, 15) is 24.2 Å². The number of nitrogens with one attached hydrogen (secondary N) is 1. The van der Waals surface area contributed by atoms with Crippen LogP contribution in [0.4, 0.5) is 4.39 Å². The van der Waals surface area contributed by atoms with Crippen LogP contribution in [0.5, 0.6) is 23.0 Å². The number of carbonyl (C=O) groups is 2. The van der Waals surface area contributed by atoms with Crippen LogP contribution in [0.15, 0.2) is 48.5 Å². The SMILES string of the molecule is CCCc1c(OCCCOc2cc(O)c(-c3ccc(F)cc3)cc2CC)ccc2c1OC(C(=O)NCCCC(C)(C)C(=O)O)CC2. The Morgan fingerprint density at radius 3 is 2.41 bits per heavy atom. The molecule has 46 heavy (non-hydrogen) atoms. The molecule has 1 atom stereocenters. The molecule has 0 spiro atoms. The van der Waals surface area contributed by atoms with Crippen molar-refractivity contribution in [2.45, 2.75) is 85.2 Å². The fourth-order valence-corrected chi connectivity index (χ4v) is 5.57. The Morgan fingerprint density at radius 1 is 1.02 bits per heavy atom. The molecular formula is C37H46FNO7. The maximum absolute atomic E-state index is 13.4. The van der Waals surface area contributed by atoms with Crippen LogP contribution in [0.2, 0.25) is 0 Å². The smallest absolute Gasteiger partial charge is 0.309 e. The van der Waals surface area contributed by atoms with Crippen molar-refractivity contribution in [1.29, 1.82) is 0 Å². The highest BCUT2D eigenvalue weighted by molar-refractivity contribution is 5.81. The van der Waals surface area contributed by atoms with E-state index in [2.05, 4.69) is 12.2 Å². The number of fused-ring (bicyclic) bond motifs is 1. The first-order valence-corrected chi connectivity index (χ1v) is 16.2. The predicted octanol–water partition coefficient (Wildman–Crippen LogP) is 7.26. The van der Waals surface area contributed by atoms with Crippen molar-refractivity contribution in [2.24, 2.45) is 5.41 Å². The van der Waals surface area contributed by atoms with Gasteiger partial charge in [-0.3, -0.25) is 9.59 Å². The largest absolute Gasteiger partial charge is 0.507 e. The Hall–Kier alpha value is -4.27. The van der Waals surface area contributed by atoms with E-state index >= 15 is 0 Å². The quantitative estimate of drug-likeness (QED) is 0.142. The molecule has 1 amide bonds. The highest BCUT2D eigenvalue weighted by Crippen LogP contribution is 2.39. The highest BCUT2D eigenvalue weighted by Gasteiger charge is 2.30. The van der Waals surface area contributed by atoms with Gasteiger partial charge in [0.05, 0.1) is 18.6 Å². The van der Waals surface area contributed by atoms with E-state index in [-0.39, 0.29) is 17.5 Å². The summed E-state index contributed by atoms with van der Waals surface area (Å²) in [6.07, 6.45) is 4.65. The molecule has 8 nitrogen and oxygen atoms in total. The van der Waals surface area contributed by atoms with Crippen LogP contribution in [0, 0.1) is 11.2 Å². The molecule has 1 aliphatic heterocycles. The van der Waals surface area contributed by atoms with Gasteiger partial charge in [-0.05, 0) is 93.3 Å². The molecule has 9 heteroatoms. The van der Waals surface area contributed by atoms with Crippen molar-refractivity contribution in [3.05, 3.63) is 71.0 Å². The van der Waals surface area contributed by atoms with Crippen molar-refractivity contribution in [2.75, 3.05) is 19.8 Å². The molecule has 0 saturated heterocycles. The van der Waals surface area contributed by atoms with Gasteiger partial charge in [-0.1, -0.05) is 38.5 Å². The molecule has 1 unspecified atom stereocenters. The van der Waals surface area contributed by atoms with Gasteiger partial charge in [0, 0.05) is 30.2 Å². The molecular weight excluding hydrogens is 589 g/mol. The van der Waals surface area contributed by atoms with Gasteiger partial charge in [0.15, 0.2) is 6.10 Å². The number of amides is 1. The third-order valence-corrected chi connectivity index (χ3v) is 8.40. The molecule has 0 saturated carbocycles. The van der Waals surface area contributed by atoms with E-state index in [1.165, 1.54) is 12.1 Å². The third-order valence-electron chi connectivity index (χ3n) is 8.40. The van der Waals surface area contributed by atoms with Crippen LogP contribution >= 0.6 is 0 Å². The number of phenolic OH excluding ortho intramolecular Hbond substituents is 1. The maximum atomic E-state index is 13.4. The molecule has 0 fully saturated rings. The standard InChI is InChI=1S/C37H46FNO7/c1-5-9-28-31(16-12-26-13-17-32(46-34(26)28)35(41)39-19-7-18-37(3,4)36(42)43)44-20-8-21-45-33-23-30(40)29(22-24(33)6-2)25-10-14-27(38)15-11-25/h10-12,14-16,22-23,32,40H,5-9,13,17-21H2,1-4H3,(H,39,41)(H,42,43). The van der Waals surface area contributed by atoms with Crippen LogP contribution in [0.1, 0.15) is 76.5 Å². The van der Waals surface area contributed by atoms with E-state index < -0.39 is 17.5 Å². The highest BCUT2D eigenvalue weighted by atomic mass is 19.1. The summed E-state index contributed by atoms with van der Waals surface area (Å²) in [5, 5.41) is 22.9. The lowest BCUT2D eigenvalue weighted by Gasteiger charge is -2.28. The Morgan fingerprint density at radius 2 is 1.74 bits per heavy atom. The van der Waals surface area contributed by atoms with Gasteiger partial charge in [0.25, 0.3) is 5.91 Å². The molecule has 0 aromatic heterocycles. The zero-order valence-corrected chi connectivity index (χ0v) is 27.3. The van der Waals surface area contributed by atoms with E-state index in [0.717, 1.165) is 53.0 Å². The lowest BCUT2D eigenvalue weighted by Crippen LogP contribution is -2.41. The number of hydrogen-bond donors (Lipinski definition) is 3. The van der Waals surface area contributed by atoms with Crippen molar-refractivity contribution in [3.8, 4) is 34.1 Å². The minimum atomic E-state index is -0.847. The second-order valence-corrected chi connectivity index (χ2v) is 12.4. The number of aryl methyl sites for hydroxylation is 2. The fraction of sp³-hybridized carbons (Fsp3) is 0.459. The number of rotatable bonds is 16. The third kappa shape index (κ3) is 8.71. The van der Waals surface area contributed by atoms with Gasteiger partial charge in [0.1, 0.15) is 28.8 Å². The van der Waals surface area contributed by atoms with Crippen LogP contribution in [0.25, 0.3) is 11.1 Å². The van der Waals surface area contributed by atoms with Crippen LogP contribution in [-0.4, -0.2) is 48.0 Å². The Kier molecular flexibility index (Phi) is 11.9. The second-order valence-electron chi connectivity index (χ2n) is 12.4. The normalized spacial score (nSPS) is 14.2.